The summed E-state index contributed by atoms with van der Waals surface area (Å²) in [4.78, 5) is 0. The van der Waals surface area contributed by atoms with Crippen molar-refractivity contribution < 1.29 is 9.47 Å². The smallest absolute Gasteiger partial charge is 0.207 e. The predicted octanol–water partition coefficient (Wildman–Crippen LogP) is 3.87. The van der Waals surface area contributed by atoms with Crippen molar-refractivity contribution in [2.75, 3.05) is 6.61 Å². The zero-order chi connectivity index (χ0) is 12.0. The first-order chi connectivity index (χ1) is 7.63. The Kier molecular flexibility index (Phi) is 4.56. The number of ether oxygens (including phenoxy) is 2. The second kappa shape index (κ2) is 5.71. The molecule has 2 heteroatoms. The molecule has 0 aliphatic carbocycles. The number of hydrogen-bond acceptors (Lipinski definition) is 2. The van der Waals surface area contributed by atoms with Crippen LogP contribution in [0.25, 0.3) is 6.08 Å². The van der Waals surface area contributed by atoms with Gasteiger partial charge in [0.1, 0.15) is 5.75 Å². The van der Waals surface area contributed by atoms with Gasteiger partial charge >= 0.3 is 0 Å². The molecule has 0 aromatic heterocycles. The van der Waals surface area contributed by atoms with E-state index in [2.05, 4.69) is 6.58 Å². The van der Waals surface area contributed by atoms with Crippen LogP contribution in [0.4, 0.5) is 0 Å². The molecule has 1 aromatic carbocycles. The molecule has 0 spiro atoms. The van der Waals surface area contributed by atoms with Gasteiger partial charge in [0, 0.05) is 20.0 Å². The summed E-state index contributed by atoms with van der Waals surface area (Å²) >= 11 is 0. The molecule has 0 N–H and O–H groups in total. The van der Waals surface area contributed by atoms with Gasteiger partial charge in [0.15, 0.2) is 0 Å². The van der Waals surface area contributed by atoms with Gasteiger partial charge in [-0.25, -0.2) is 0 Å². The van der Waals surface area contributed by atoms with Crippen molar-refractivity contribution in [3.8, 4) is 5.75 Å². The van der Waals surface area contributed by atoms with E-state index in [1.807, 2.05) is 45.0 Å². The molecule has 1 atom stereocenters. The summed E-state index contributed by atoms with van der Waals surface area (Å²) < 4.78 is 11.5. The third-order valence-electron chi connectivity index (χ3n) is 2.52. The van der Waals surface area contributed by atoms with Crippen molar-refractivity contribution in [3.63, 3.8) is 0 Å². The van der Waals surface area contributed by atoms with Gasteiger partial charge in [0.2, 0.25) is 5.79 Å². The monoisotopic (exact) mass is 220 g/mol. The van der Waals surface area contributed by atoms with Crippen LogP contribution in [0.3, 0.4) is 0 Å². The van der Waals surface area contributed by atoms with Crippen molar-refractivity contribution in [2.24, 2.45) is 0 Å². The number of hydrogen-bond donors (Lipinski definition) is 0. The Bertz CT molecular complexity index is 346. The van der Waals surface area contributed by atoms with Crippen molar-refractivity contribution in [2.45, 2.75) is 33.0 Å². The summed E-state index contributed by atoms with van der Waals surface area (Å²) in [5.41, 5.74) is 1.05. The van der Waals surface area contributed by atoms with Crippen LogP contribution in [-0.4, -0.2) is 12.4 Å². The second-order valence-electron chi connectivity index (χ2n) is 3.80. The van der Waals surface area contributed by atoms with E-state index in [0.29, 0.717) is 6.61 Å². The summed E-state index contributed by atoms with van der Waals surface area (Å²) in [5.74, 6) is 0.268. The average molecular weight is 220 g/mol. The summed E-state index contributed by atoms with van der Waals surface area (Å²) in [6.45, 7) is 10.4. The van der Waals surface area contributed by atoms with Crippen LogP contribution in [0, 0.1) is 0 Å². The Morgan fingerprint density at radius 3 is 2.69 bits per heavy atom. The molecule has 0 heterocycles. The van der Waals surface area contributed by atoms with Crippen LogP contribution in [0.5, 0.6) is 5.75 Å². The number of benzene rings is 1. The van der Waals surface area contributed by atoms with Gasteiger partial charge in [-0.2, -0.15) is 0 Å². The zero-order valence-corrected chi connectivity index (χ0v) is 10.3. The third-order valence-corrected chi connectivity index (χ3v) is 2.52. The summed E-state index contributed by atoms with van der Waals surface area (Å²) in [6, 6.07) is 7.83. The maximum absolute atomic E-state index is 5.86. The van der Waals surface area contributed by atoms with Gasteiger partial charge in [-0.15, -0.1) is 0 Å². The SMILES string of the molecule is C=Cc1cccc(OC(C)(CC)OCC)c1. The molecule has 0 aliphatic heterocycles. The first-order valence-corrected chi connectivity index (χ1v) is 5.69. The van der Waals surface area contributed by atoms with Crippen molar-refractivity contribution in [3.05, 3.63) is 36.4 Å². The Hall–Kier alpha value is -1.28. The zero-order valence-electron chi connectivity index (χ0n) is 10.3. The highest BCUT2D eigenvalue weighted by Gasteiger charge is 2.24. The molecule has 0 aliphatic rings. The molecule has 0 fully saturated rings. The summed E-state index contributed by atoms with van der Waals surface area (Å²) in [7, 11) is 0. The first kappa shape index (κ1) is 12.8. The Morgan fingerprint density at radius 2 is 2.12 bits per heavy atom. The van der Waals surface area contributed by atoms with Crippen LogP contribution in [0.15, 0.2) is 30.8 Å². The fourth-order valence-electron chi connectivity index (χ4n) is 1.46. The molecule has 1 unspecified atom stereocenters. The van der Waals surface area contributed by atoms with Crippen LogP contribution >= 0.6 is 0 Å². The highest BCUT2D eigenvalue weighted by molar-refractivity contribution is 5.49. The van der Waals surface area contributed by atoms with Gasteiger partial charge in [-0.3, -0.25) is 0 Å². The quantitative estimate of drug-likeness (QED) is 0.677. The van der Waals surface area contributed by atoms with E-state index in [0.717, 1.165) is 17.7 Å². The molecule has 0 radical (unpaired) electrons. The molecule has 1 rings (SSSR count). The van der Waals surface area contributed by atoms with Gasteiger partial charge in [0.25, 0.3) is 0 Å². The highest BCUT2D eigenvalue weighted by atomic mass is 16.7. The molecule has 0 bridgehead atoms. The van der Waals surface area contributed by atoms with E-state index in [1.165, 1.54) is 0 Å². The van der Waals surface area contributed by atoms with Crippen LogP contribution in [0.2, 0.25) is 0 Å². The fraction of sp³-hybridized carbons (Fsp3) is 0.429. The maximum atomic E-state index is 5.86. The topological polar surface area (TPSA) is 18.5 Å². The molecule has 0 saturated heterocycles. The van der Waals surface area contributed by atoms with E-state index in [1.54, 1.807) is 6.08 Å². The van der Waals surface area contributed by atoms with E-state index >= 15 is 0 Å². The standard InChI is InChI=1S/C14H20O2/c1-5-12-9-8-10-13(11-12)16-14(4,6-2)15-7-3/h5,8-11H,1,6-7H2,2-4H3. The van der Waals surface area contributed by atoms with Crippen molar-refractivity contribution in [1.29, 1.82) is 0 Å². The Morgan fingerprint density at radius 1 is 1.38 bits per heavy atom. The van der Waals surface area contributed by atoms with Gasteiger partial charge < -0.3 is 9.47 Å². The minimum absolute atomic E-state index is 0.547. The molecule has 88 valence electrons. The van der Waals surface area contributed by atoms with Gasteiger partial charge in [-0.05, 0) is 24.6 Å². The second-order valence-corrected chi connectivity index (χ2v) is 3.80. The lowest BCUT2D eigenvalue weighted by Crippen LogP contribution is -2.34. The normalized spacial score (nSPS) is 14.2. The lowest BCUT2D eigenvalue weighted by Gasteiger charge is -2.29. The molecule has 1 aromatic rings. The first-order valence-electron chi connectivity index (χ1n) is 5.69. The van der Waals surface area contributed by atoms with E-state index in [9.17, 15) is 0 Å². The fourth-order valence-corrected chi connectivity index (χ4v) is 1.46. The van der Waals surface area contributed by atoms with E-state index < -0.39 is 5.79 Å². The molecule has 0 saturated carbocycles. The molecular weight excluding hydrogens is 200 g/mol. The minimum Gasteiger partial charge on any atom is -0.463 e. The maximum Gasteiger partial charge on any atom is 0.207 e. The van der Waals surface area contributed by atoms with Crippen molar-refractivity contribution >= 4 is 6.08 Å². The molecule has 16 heavy (non-hydrogen) atoms. The third kappa shape index (κ3) is 3.38. The lowest BCUT2D eigenvalue weighted by atomic mass is 10.2. The Labute approximate surface area is 97.9 Å². The van der Waals surface area contributed by atoms with E-state index in [4.69, 9.17) is 9.47 Å². The minimum atomic E-state index is -0.547. The molecule has 0 amide bonds. The van der Waals surface area contributed by atoms with Crippen molar-refractivity contribution in [1.82, 2.24) is 0 Å². The Balaban J connectivity index is 2.80. The highest BCUT2D eigenvalue weighted by Crippen LogP contribution is 2.23. The summed E-state index contributed by atoms with van der Waals surface area (Å²) in [6.07, 6.45) is 2.61. The number of rotatable bonds is 6. The van der Waals surface area contributed by atoms with Crippen LogP contribution in [-0.2, 0) is 4.74 Å². The summed E-state index contributed by atoms with van der Waals surface area (Å²) in [5, 5.41) is 0. The molecular formula is C14H20O2. The van der Waals surface area contributed by atoms with Gasteiger partial charge in [-0.1, -0.05) is 31.7 Å². The van der Waals surface area contributed by atoms with E-state index in [-0.39, 0.29) is 0 Å². The average Bonchev–Trinajstić information content (AvgIpc) is 2.29. The van der Waals surface area contributed by atoms with Crippen LogP contribution in [0.1, 0.15) is 32.8 Å². The lowest BCUT2D eigenvalue weighted by molar-refractivity contribution is -0.168. The predicted molar refractivity (Wildman–Crippen MR) is 67.5 cm³/mol. The largest absolute Gasteiger partial charge is 0.463 e. The van der Waals surface area contributed by atoms with Gasteiger partial charge in [0.05, 0.1) is 0 Å². The van der Waals surface area contributed by atoms with Crippen LogP contribution < -0.4 is 4.74 Å². The molecule has 2 nitrogen and oxygen atoms in total.